The Morgan fingerprint density at radius 1 is 1.00 bits per heavy atom. The molecule has 0 saturated heterocycles. The molecule has 0 aliphatic rings. The predicted molar refractivity (Wildman–Crippen MR) is 133 cm³/mol. The highest BCUT2D eigenvalue weighted by Gasteiger charge is 2.29. The van der Waals surface area contributed by atoms with Crippen LogP contribution in [0.2, 0.25) is 0 Å². The molecule has 1 aromatic heterocycles. The number of hydrogen-bond acceptors (Lipinski definition) is 6. The van der Waals surface area contributed by atoms with Gasteiger partial charge < -0.3 is 14.6 Å². The molecule has 0 bridgehead atoms. The maximum atomic E-state index is 12.7. The van der Waals surface area contributed by atoms with E-state index in [0.717, 1.165) is 11.3 Å². The highest BCUT2D eigenvalue weighted by atomic mass is 32.2. The lowest BCUT2D eigenvalue weighted by molar-refractivity contribution is 0.187. The fourth-order valence-corrected chi connectivity index (χ4v) is 3.97. The molecule has 3 aromatic rings. The van der Waals surface area contributed by atoms with Gasteiger partial charge in [-0.25, -0.2) is 27.7 Å². The van der Waals surface area contributed by atoms with Gasteiger partial charge in [0.25, 0.3) is 0 Å². The predicted octanol–water partition coefficient (Wildman–Crippen LogP) is 3.93. The molecule has 0 spiro atoms. The first-order valence-corrected chi connectivity index (χ1v) is 12.5. The maximum Gasteiger partial charge on any atom is 0.411 e. The molecule has 0 aliphatic heterocycles. The van der Waals surface area contributed by atoms with Crippen LogP contribution in [0.3, 0.4) is 0 Å². The topological polar surface area (TPSA) is 131 Å². The van der Waals surface area contributed by atoms with Gasteiger partial charge in [0, 0.05) is 29.7 Å². The summed E-state index contributed by atoms with van der Waals surface area (Å²) in [6.45, 7) is 4.91. The SMILES string of the molecule is COC(=O)Nc1ccc(-n2ccnc2[C@@H](NC(=O)NS(=O)(=O)C(C)C)[C@H](C)c2ccccc2)cc1. The van der Waals surface area contributed by atoms with Crippen LogP contribution < -0.4 is 15.4 Å². The van der Waals surface area contributed by atoms with E-state index in [0.29, 0.717) is 11.5 Å². The molecule has 0 unspecified atom stereocenters. The average molecular weight is 500 g/mol. The van der Waals surface area contributed by atoms with Gasteiger partial charge in [0.2, 0.25) is 10.0 Å². The van der Waals surface area contributed by atoms with Crippen LogP contribution >= 0.6 is 0 Å². The van der Waals surface area contributed by atoms with Crippen molar-refractivity contribution in [1.82, 2.24) is 19.6 Å². The summed E-state index contributed by atoms with van der Waals surface area (Å²) in [6, 6.07) is 15.0. The Balaban J connectivity index is 1.95. The Kier molecular flexibility index (Phi) is 8.13. The molecule has 0 aliphatic carbocycles. The molecule has 2 atom stereocenters. The van der Waals surface area contributed by atoms with Crippen LogP contribution in [0.5, 0.6) is 0 Å². The number of nitrogens with zero attached hydrogens (tertiary/aromatic N) is 2. The number of anilines is 1. The number of benzene rings is 2. The van der Waals surface area contributed by atoms with Gasteiger partial charge >= 0.3 is 12.1 Å². The monoisotopic (exact) mass is 499 g/mol. The van der Waals surface area contributed by atoms with Crippen LogP contribution in [-0.4, -0.2) is 42.5 Å². The van der Waals surface area contributed by atoms with E-state index < -0.39 is 33.4 Å². The number of nitrogens with one attached hydrogen (secondary N) is 3. The molecule has 0 radical (unpaired) electrons. The van der Waals surface area contributed by atoms with E-state index in [9.17, 15) is 18.0 Å². The summed E-state index contributed by atoms with van der Waals surface area (Å²) in [5, 5.41) is 4.62. The third-order valence-electron chi connectivity index (χ3n) is 5.49. The second kappa shape index (κ2) is 11.0. The van der Waals surface area contributed by atoms with Gasteiger partial charge in [0.15, 0.2) is 0 Å². The molecule has 186 valence electrons. The summed E-state index contributed by atoms with van der Waals surface area (Å²) in [5.41, 5.74) is 2.22. The molecule has 3 N–H and O–H groups in total. The van der Waals surface area contributed by atoms with Gasteiger partial charge in [0.05, 0.1) is 18.4 Å². The normalized spacial score (nSPS) is 13.1. The molecule has 0 fully saturated rings. The number of urea groups is 1. The lowest BCUT2D eigenvalue weighted by atomic mass is 9.92. The molecule has 2 aromatic carbocycles. The summed E-state index contributed by atoms with van der Waals surface area (Å²) in [7, 11) is -2.53. The van der Waals surface area contributed by atoms with Crippen molar-refractivity contribution in [3.63, 3.8) is 0 Å². The minimum absolute atomic E-state index is 0.245. The van der Waals surface area contributed by atoms with Crippen LogP contribution in [0, 0.1) is 0 Å². The summed E-state index contributed by atoms with van der Waals surface area (Å²) >= 11 is 0. The first kappa shape index (κ1) is 25.8. The molecular weight excluding hydrogens is 470 g/mol. The van der Waals surface area contributed by atoms with Crippen molar-refractivity contribution in [2.24, 2.45) is 0 Å². The summed E-state index contributed by atoms with van der Waals surface area (Å²) < 4.78 is 33.0. The zero-order valence-electron chi connectivity index (χ0n) is 19.9. The smallest absolute Gasteiger partial charge is 0.411 e. The summed E-state index contributed by atoms with van der Waals surface area (Å²) in [6.07, 6.45) is 2.77. The van der Waals surface area contributed by atoms with Gasteiger partial charge in [-0.1, -0.05) is 37.3 Å². The van der Waals surface area contributed by atoms with Crippen molar-refractivity contribution in [2.75, 3.05) is 12.4 Å². The van der Waals surface area contributed by atoms with E-state index >= 15 is 0 Å². The zero-order chi connectivity index (χ0) is 25.6. The van der Waals surface area contributed by atoms with Crippen molar-refractivity contribution >= 4 is 27.8 Å². The standard InChI is InChI=1S/C24H29N5O5S/c1-16(2)35(32,33)28-23(30)27-21(17(3)18-8-6-5-7-9-18)22-25-14-15-29(22)20-12-10-19(11-13-20)26-24(31)34-4/h5-17,21H,1-4H3,(H,26,31)(H2,27,28,30)/t17-,21+/m1/s1. The number of carbonyl (C=O) groups is 2. The third-order valence-corrected chi connectivity index (χ3v) is 7.20. The van der Waals surface area contributed by atoms with E-state index in [1.165, 1.54) is 21.0 Å². The number of hydrogen-bond donors (Lipinski definition) is 3. The molecule has 3 rings (SSSR count). The number of sulfonamides is 1. The maximum absolute atomic E-state index is 12.7. The lowest BCUT2D eigenvalue weighted by Crippen LogP contribution is -2.45. The third kappa shape index (κ3) is 6.38. The molecule has 0 saturated carbocycles. The quantitative estimate of drug-likeness (QED) is 0.430. The number of aromatic nitrogens is 2. The summed E-state index contributed by atoms with van der Waals surface area (Å²) in [4.78, 5) is 28.7. The molecule has 11 heteroatoms. The molecule has 3 amide bonds. The van der Waals surface area contributed by atoms with E-state index in [-0.39, 0.29) is 5.92 Å². The summed E-state index contributed by atoms with van der Waals surface area (Å²) in [5.74, 6) is 0.261. The van der Waals surface area contributed by atoms with Gasteiger partial charge in [-0.2, -0.15) is 0 Å². The minimum atomic E-state index is -3.82. The number of rotatable bonds is 8. The van der Waals surface area contributed by atoms with Crippen LogP contribution in [0.25, 0.3) is 5.69 Å². The number of amides is 3. The van der Waals surface area contributed by atoms with Crippen molar-refractivity contribution in [3.05, 3.63) is 78.4 Å². The van der Waals surface area contributed by atoms with E-state index in [1.54, 1.807) is 41.2 Å². The van der Waals surface area contributed by atoms with Gasteiger partial charge in [-0.15, -0.1) is 0 Å². The van der Waals surface area contributed by atoms with Crippen molar-refractivity contribution in [3.8, 4) is 5.69 Å². The second-order valence-electron chi connectivity index (χ2n) is 8.17. The van der Waals surface area contributed by atoms with Crippen LogP contribution in [0.4, 0.5) is 15.3 Å². The Labute approximate surface area is 204 Å². The minimum Gasteiger partial charge on any atom is -0.453 e. The molecule has 10 nitrogen and oxygen atoms in total. The Hall–Kier alpha value is -3.86. The second-order valence-corrected chi connectivity index (χ2v) is 10.4. The number of methoxy groups -OCH3 is 1. The van der Waals surface area contributed by atoms with Crippen molar-refractivity contribution in [1.29, 1.82) is 0 Å². The highest BCUT2D eigenvalue weighted by Crippen LogP contribution is 2.31. The van der Waals surface area contributed by atoms with Gasteiger partial charge in [0.1, 0.15) is 5.82 Å². The van der Waals surface area contributed by atoms with E-state index in [4.69, 9.17) is 0 Å². The fourth-order valence-electron chi connectivity index (χ4n) is 3.42. The Morgan fingerprint density at radius 2 is 1.66 bits per heavy atom. The Bertz CT molecular complexity index is 1260. The molecule has 35 heavy (non-hydrogen) atoms. The zero-order valence-corrected chi connectivity index (χ0v) is 20.7. The van der Waals surface area contributed by atoms with Gasteiger partial charge in [-0.3, -0.25) is 5.32 Å². The highest BCUT2D eigenvalue weighted by molar-refractivity contribution is 7.90. The van der Waals surface area contributed by atoms with Crippen LogP contribution in [-0.2, 0) is 14.8 Å². The lowest BCUT2D eigenvalue weighted by Gasteiger charge is -2.26. The first-order chi connectivity index (χ1) is 16.6. The molecule has 1 heterocycles. The van der Waals surface area contributed by atoms with Gasteiger partial charge in [-0.05, 0) is 43.7 Å². The molecular formula is C24H29N5O5S. The van der Waals surface area contributed by atoms with E-state index in [2.05, 4.69) is 25.1 Å². The van der Waals surface area contributed by atoms with Crippen LogP contribution in [0.1, 0.15) is 44.1 Å². The number of carbonyl (C=O) groups excluding carboxylic acids is 2. The average Bonchev–Trinajstić information content (AvgIpc) is 3.32. The number of imidazole rings is 1. The van der Waals surface area contributed by atoms with E-state index in [1.807, 2.05) is 37.3 Å². The Morgan fingerprint density at radius 3 is 2.26 bits per heavy atom. The van der Waals surface area contributed by atoms with Crippen molar-refractivity contribution in [2.45, 2.75) is 38.0 Å². The first-order valence-electron chi connectivity index (χ1n) is 11.0. The van der Waals surface area contributed by atoms with Crippen LogP contribution in [0.15, 0.2) is 67.0 Å². The largest absolute Gasteiger partial charge is 0.453 e. The van der Waals surface area contributed by atoms with Crippen molar-refractivity contribution < 1.29 is 22.7 Å². The number of ether oxygens (including phenoxy) is 1. The fraction of sp³-hybridized carbons (Fsp3) is 0.292.